The van der Waals surface area contributed by atoms with Gasteiger partial charge in [0.25, 0.3) is 5.91 Å². The summed E-state index contributed by atoms with van der Waals surface area (Å²) in [6.45, 7) is 0. The normalized spacial score (nSPS) is 11.2. The van der Waals surface area contributed by atoms with E-state index in [1.807, 2.05) is 89.1 Å². The smallest absolute Gasteiger partial charge is 0.250 e. The number of carbonyl (C=O) groups is 1. The first-order chi connectivity index (χ1) is 15.1. The minimum atomic E-state index is -0.220. The van der Waals surface area contributed by atoms with Gasteiger partial charge in [-0.2, -0.15) is 5.10 Å². The van der Waals surface area contributed by atoms with Gasteiger partial charge in [-0.3, -0.25) is 9.36 Å². The number of thioether (sulfide) groups is 1. The van der Waals surface area contributed by atoms with E-state index in [0.717, 1.165) is 21.4 Å². The molecule has 7 nitrogen and oxygen atoms in total. The quantitative estimate of drug-likeness (QED) is 0.236. The van der Waals surface area contributed by atoms with Crippen LogP contribution in [0.25, 0.3) is 17.1 Å². The van der Waals surface area contributed by atoms with Crippen molar-refractivity contribution in [3.8, 4) is 17.1 Å². The number of aryl methyl sites for hydroxylation is 1. The standard InChI is InChI=1S/C22H19BrN6OS/c1-28-13-5-8-19(28)14-24-25-20(30)15-31-22-27-26-21(16-6-3-2-4-7-16)29(22)18-11-9-17(23)10-12-18/h2-14H,15H2,1H3,(H,25,30). The lowest BCUT2D eigenvalue weighted by molar-refractivity contribution is -0.118. The first-order valence-electron chi connectivity index (χ1n) is 9.44. The number of aromatic nitrogens is 4. The number of nitrogens with zero attached hydrogens (tertiary/aromatic N) is 5. The van der Waals surface area contributed by atoms with Gasteiger partial charge < -0.3 is 4.57 Å². The van der Waals surface area contributed by atoms with Crippen LogP contribution in [0.5, 0.6) is 0 Å². The molecule has 4 aromatic rings. The van der Waals surface area contributed by atoms with Crippen molar-refractivity contribution in [2.24, 2.45) is 12.1 Å². The molecule has 0 fully saturated rings. The van der Waals surface area contributed by atoms with Crippen molar-refractivity contribution in [1.82, 2.24) is 24.8 Å². The maximum absolute atomic E-state index is 12.3. The van der Waals surface area contributed by atoms with Crippen molar-refractivity contribution >= 4 is 39.8 Å². The molecule has 0 aliphatic heterocycles. The average molecular weight is 495 g/mol. The Balaban J connectivity index is 1.52. The monoisotopic (exact) mass is 494 g/mol. The molecule has 31 heavy (non-hydrogen) atoms. The Morgan fingerprint density at radius 1 is 1.10 bits per heavy atom. The zero-order valence-corrected chi connectivity index (χ0v) is 19.0. The Morgan fingerprint density at radius 2 is 1.87 bits per heavy atom. The van der Waals surface area contributed by atoms with E-state index in [2.05, 4.69) is 36.7 Å². The van der Waals surface area contributed by atoms with Crippen molar-refractivity contribution in [3.63, 3.8) is 0 Å². The lowest BCUT2D eigenvalue weighted by atomic mass is 10.2. The van der Waals surface area contributed by atoms with E-state index >= 15 is 0 Å². The molecule has 0 spiro atoms. The number of hydrogen-bond acceptors (Lipinski definition) is 5. The van der Waals surface area contributed by atoms with Crippen molar-refractivity contribution in [3.05, 3.63) is 83.1 Å². The van der Waals surface area contributed by atoms with E-state index in [1.54, 1.807) is 6.21 Å². The molecule has 2 aromatic heterocycles. The number of rotatable bonds is 7. The molecule has 0 aliphatic rings. The first-order valence-corrected chi connectivity index (χ1v) is 11.2. The number of halogens is 1. The predicted molar refractivity (Wildman–Crippen MR) is 126 cm³/mol. The molecule has 0 aliphatic carbocycles. The number of nitrogens with one attached hydrogen (secondary N) is 1. The molecule has 0 unspecified atom stereocenters. The van der Waals surface area contributed by atoms with Gasteiger partial charge in [-0.05, 0) is 36.4 Å². The van der Waals surface area contributed by atoms with E-state index in [9.17, 15) is 4.79 Å². The number of hydrogen-bond donors (Lipinski definition) is 1. The summed E-state index contributed by atoms with van der Waals surface area (Å²) in [4.78, 5) is 12.3. The van der Waals surface area contributed by atoms with Crippen LogP contribution >= 0.6 is 27.7 Å². The highest BCUT2D eigenvalue weighted by Crippen LogP contribution is 2.28. The van der Waals surface area contributed by atoms with Gasteiger partial charge in [0.1, 0.15) is 0 Å². The summed E-state index contributed by atoms with van der Waals surface area (Å²) in [6.07, 6.45) is 3.53. The summed E-state index contributed by atoms with van der Waals surface area (Å²) in [6, 6.07) is 21.6. The molecule has 0 saturated carbocycles. The summed E-state index contributed by atoms with van der Waals surface area (Å²) in [5, 5.41) is 13.4. The molecule has 0 atom stereocenters. The second kappa shape index (κ2) is 9.76. The number of carbonyl (C=O) groups excluding carboxylic acids is 1. The van der Waals surface area contributed by atoms with Crippen LogP contribution in [0, 0.1) is 0 Å². The molecular weight excluding hydrogens is 476 g/mol. The maximum Gasteiger partial charge on any atom is 0.250 e. The fourth-order valence-electron chi connectivity index (χ4n) is 2.90. The third-order valence-electron chi connectivity index (χ3n) is 4.45. The maximum atomic E-state index is 12.3. The molecule has 0 saturated heterocycles. The van der Waals surface area contributed by atoms with Crippen LogP contribution in [0.3, 0.4) is 0 Å². The van der Waals surface area contributed by atoms with Crippen molar-refractivity contribution in [1.29, 1.82) is 0 Å². The minimum Gasteiger partial charge on any atom is -0.350 e. The van der Waals surface area contributed by atoms with Gasteiger partial charge in [0.05, 0.1) is 17.7 Å². The van der Waals surface area contributed by atoms with Crippen LogP contribution in [0.4, 0.5) is 0 Å². The highest BCUT2D eigenvalue weighted by Gasteiger charge is 2.17. The van der Waals surface area contributed by atoms with E-state index in [0.29, 0.717) is 11.0 Å². The molecule has 0 bridgehead atoms. The first kappa shape index (κ1) is 21.1. The highest BCUT2D eigenvalue weighted by molar-refractivity contribution is 9.10. The Morgan fingerprint density at radius 3 is 2.58 bits per heavy atom. The summed E-state index contributed by atoms with van der Waals surface area (Å²) in [5.41, 5.74) is 5.31. The lowest BCUT2D eigenvalue weighted by Gasteiger charge is -2.10. The molecule has 1 N–H and O–H groups in total. The summed E-state index contributed by atoms with van der Waals surface area (Å²) >= 11 is 4.78. The van der Waals surface area contributed by atoms with Gasteiger partial charge in [0, 0.05) is 29.0 Å². The molecule has 2 aromatic carbocycles. The lowest BCUT2D eigenvalue weighted by Crippen LogP contribution is -2.20. The van der Waals surface area contributed by atoms with Gasteiger partial charge in [-0.15, -0.1) is 10.2 Å². The third-order valence-corrected chi connectivity index (χ3v) is 5.91. The van der Waals surface area contributed by atoms with Crippen LogP contribution in [0.1, 0.15) is 5.69 Å². The fourth-order valence-corrected chi connectivity index (χ4v) is 3.91. The zero-order valence-electron chi connectivity index (χ0n) is 16.6. The number of benzene rings is 2. The Labute approximate surface area is 192 Å². The Bertz CT molecular complexity index is 1200. The molecule has 2 heterocycles. The van der Waals surface area contributed by atoms with Gasteiger partial charge in [-0.1, -0.05) is 58.0 Å². The largest absolute Gasteiger partial charge is 0.350 e. The van der Waals surface area contributed by atoms with Crippen LogP contribution in [0.2, 0.25) is 0 Å². The molecule has 9 heteroatoms. The highest BCUT2D eigenvalue weighted by atomic mass is 79.9. The molecule has 4 rings (SSSR count). The van der Waals surface area contributed by atoms with Crippen LogP contribution in [-0.2, 0) is 11.8 Å². The Kier molecular flexibility index (Phi) is 6.63. The van der Waals surface area contributed by atoms with E-state index in [4.69, 9.17) is 0 Å². The molecule has 0 radical (unpaired) electrons. The van der Waals surface area contributed by atoms with E-state index in [1.165, 1.54) is 11.8 Å². The minimum absolute atomic E-state index is 0.161. The van der Waals surface area contributed by atoms with Gasteiger partial charge in [0.15, 0.2) is 11.0 Å². The average Bonchev–Trinajstić information content (AvgIpc) is 3.40. The van der Waals surface area contributed by atoms with Crippen LogP contribution < -0.4 is 5.43 Å². The van der Waals surface area contributed by atoms with E-state index in [-0.39, 0.29) is 11.7 Å². The third kappa shape index (κ3) is 5.12. The molecule has 156 valence electrons. The molecule has 1 amide bonds. The topological polar surface area (TPSA) is 77.1 Å². The molecular formula is C22H19BrN6OS. The second-order valence-corrected chi connectivity index (χ2v) is 8.47. The Hall–Kier alpha value is -3.17. The predicted octanol–water partition coefficient (Wildman–Crippen LogP) is 4.28. The second-order valence-electron chi connectivity index (χ2n) is 6.61. The van der Waals surface area contributed by atoms with Crippen LogP contribution in [-0.4, -0.2) is 37.2 Å². The SMILES string of the molecule is Cn1cccc1C=NNC(=O)CSc1nnc(-c2ccccc2)n1-c1ccc(Br)cc1. The van der Waals surface area contributed by atoms with Gasteiger partial charge in [-0.25, -0.2) is 5.43 Å². The number of hydrazone groups is 1. The van der Waals surface area contributed by atoms with Gasteiger partial charge >= 0.3 is 0 Å². The van der Waals surface area contributed by atoms with Crippen molar-refractivity contribution in [2.45, 2.75) is 5.16 Å². The van der Waals surface area contributed by atoms with Crippen molar-refractivity contribution in [2.75, 3.05) is 5.75 Å². The zero-order chi connectivity index (χ0) is 21.6. The van der Waals surface area contributed by atoms with Crippen molar-refractivity contribution < 1.29 is 4.79 Å². The van der Waals surface area contributed by atoms with Crippen LogP contribution in [0.15, 0.2) is 87.7 Å². The summed E-state index contributed by atoms with van der Waals surface area (Å²) in [5.74, 6) is 0.656. The number of amides is 1. The van der Waals surface area contributed by atoms with E-state index < -0.39 is 0 Å². The van der Waals surface area contributed by atoms with Gasteiger partial charge in [0.2, 0.25) is 0 Å². The summed E-state index contributed by atoms with van der Waals surface area (Å²) in [7, 11) is 1.91. The summed E-state index contributed by atoms with van der Waals surface area (Å²) < 4.78 is 4.85. The fraction of sp³-hybridized carbons (Fsp3) is 0.0909.